The predicted molar refractivity (Wildman–Crippen MR) is 64.9 cm³/mol. The van der Waals surface area contributed by atoms with E-state index in [1.165, 1.54) is 7.11 Å². The molecular formula is C11H14F3NO2S. The summed E-state index contributed by atoms with van der Waals surface area (Å²) in [6.07, 6.45) is 0. The van der Waals surface area contributed by atoms with Crippen LogP contribution in [0.4, 0.5) is 13.2 Å². The minimum Gasteiger partial charge on any atom is -0.493 e. The Labute approximate surface area is 107 Å². The predicted octanol–water partition coefficient (Wildman–Crippen LogP) is 2.79. The first kappa shape index (κ1) is 15.0. The molecule has 3 nitrogen and oxygen atoms in total. The van der Waals surface area contributed by atoms with Crippen LogP contribution in [0.1, 0.15) is 5.56 Å². The first-order chi connectivity index (χ1) is 8.46. The standard InChI is InChI=1S/C11H14F3NO2S/c1-16-9-3-2-8(7-15)6-10(9)17-4-5-18-11(12,13)14/h2-3,6H,4-5,7,15H2,1H3. The first-order valence-corrected chi connectivity index (χ1v) is 6.15. The van der Waals surface area contributed by atoms with Crippen molar-refractivity contribution in [3.63, 3.8) is 0 Å². The normalized spacial score (nSPS) is 11.4. The number of ether oxygens (including phenoxy) is 2. The highest BCUT2D eigenvalue weighted by Crippen LogP contribution is 2.31. The smallest absolute Gasteiger partial charge is 0.441 e. The molecular weight excluding hydrogens is 267 g/mol. The molecule has 0 radical (unpaired) electrons. The van der Waals surface area contributed by atoms with Crippen LogP contribution >= 0.6 is 11.8 Å². The number of hydrogen-bond donors (Lipinski definition) is 1. The van der Waals surface area contributed by atoms with Crippen LogP contribution < -0.4 is 15.2 Å². The van der Waals surface area contributed by atoms with E-state index in [2.05, 4.69) is 0 Å². The SMILES string of the molecule is COc1ccc(CN)cc1OCCSC(F)(F)F. The number of rotatable bonds is 6. The summed E-state index contributed by atoms with van der Waals surface area (Å²) in [5.74, 6) is 0.715. The topological polar surface area (TPSA) is 44.5 Å². The van der Waals surface area contributed by atoms with Gasteiger partial charge in [0.2, 0.25) is 0 Å². The first-order valence-electron chi connectivity index (χ1n) is 5.16. The minimum absolute atomic E-state index is 0.0471. The second-order valence-corrected chi connectivity index (χ2v) is 4.49. The van der Waals surface area contributed by atoms with Crippen LogP contribution in [0.3, 0.4) is 0 Å². The third-order valence-corrected chi connectivity index (χ3v) is 2.77. The summed E-state index contributed by atoms with van der Waals surface area (Å²) in [5.41, 5.74) is 2.07. The van der Waals surface area contributed by atoms with Crippen molar-refractivity contribution in [3.8, 4) is 11.5 Å². The zero-order valence-electron chi connectivity index (χ0n) is 9.79. The van der Waals surface area contributed by atoms with Gasteiger partial charge in [0.15, 0.2) is 11.5 Å². The Bertz CT molecular complexity index is 385. The van der Waals surface area contributed by atoms with E-state index in [1.807, 2.05) is 0 Å². The highest BCUT2D eigenvalue weighted by molar-refractivity contribution is 8.00. The van der Waals surface area contributed by atoms with Crippen LogP contribution in [0, 0.1) is 0 Å². The summed E-state index contributed by atoms with van der Waals surface area (Å²) in [6, 6.07) is 5.11. The van der Waals surface area contributed by atoms with Gasteiger partial charge in [-0.25, -0.2) is 0 Å². The van der Waals surface area contributed by atoms with Gasteiger partial charge in [0.05, 0.1) is 13.7 Å². The van der Waals surface area contributed by atoms with Gasteiger partial charge in [-0.1, -0.05) is 6.07 Å². The van der Waals surface area contributed by atoms with Gasteiger partial charge in [-0.2, -0.15) is 13.2 Å². The lowest BCUT2D eigenvalue weighted by molar-refractivity contribution is -0.0329. The highest BCUT2D eigenvalue weighted by Gasteiger charge is 2.27. The fourth-order valence-corrected chi connectivity index (χ4v) is 1.67. The summed E-state index contributed by atoms with van der Waals surface area (Å²) < 4.78 is 46.0. The molecule has 0 fully saturated rings. The summed E-state index contributed by atoms with van der Waals surface area (Å²) in [5, 5.41) is 0. The van der Waals surface area contributed by atoms with Crippen LogP contribution in [-0.4, -0.2) is 25.0 Å². The van der Waals surface area contributed by atoms with Crippen LogP contribution in [-0.2, 0) is 6.54 Å². The van der Waals surface area contributed by atoms with Crippen LogP contribution in [0.25, 0.3) is 0 Å². The van der Waals surface area contributed by atoms with Crippen molar-refractivity contribution in [2.45, 2.75) is 12.1 Å². The summed E-state index contributed by atoms with van der Waals surface area (Å²) in [7, 11) is 1.47. The maximum absolute atomic E-state index is 11.9. The molecule has 0 heterocycles. The largest absolute Gasteiger partial charge is 0.493 e. The average molecular weight is 281 g/mol. The van der Waals surface area contributed by atoms with Crippen LogP contribution in [0.5, 0.6) is 11.5 Å². The molecule has 0 aliphatic heterocycles. The second kappa shape index (κ2) is 6.75. The molecule has 7 heteroatoms. The monoisotopic (exact) mass is 281 g/mol. The van der Waals surface area contributed by atoms with Gasteiger partial charge in [-0.05, 0) is 29.5 Å². The molecule has 1 aromatic rings. The van der Waals surface area contributed by atoms with E-state index in [-0.39, 0.29) is 24.1 Å². The van der Waals surface area contributed by atoms with Crippen molar-refractivity contribution in [1.29, 1.82) is 0 Å². The van der Waals surface area contributed by atoms with E-state index in [0.717, 1.165) is 5.56 Å². The van der Waals surface area contributed by atoms with Gasteiger partial charge in [-0.3, -0.25) is 0 Å². The third-order valence-electron chi connectivity index (χ3n) is 2.07. The number of thioether (sulfide) groups is 1. The molecule has 0 saturated heterocycles. The van der Waals surface area contributed by atoms with Crippen molar-refractivity contribution in [1.82, 2.24) is 0 Å². The second-order valence-electron chi connectivity index (χ2n) is 3.33. The van der Waals surface area contributed by atoms with E-state index in [9.17, 15) is 13.2 Å². The maximum Gasteiger partial charge on any atom is 0.441 e. The minimum atomic E-state index is -4.23. The number of halogens is 3. The molecule has 0 amide bonds. The molecule has 1 rings (SSSR count). The zero-order valence-corrected chi connectivity index (χ0v) is 10.6. The average Bonchev–Trinajstić information content (AvgIpc) is 2.33. The molecule has 0 spiro atoms. The molecule has 2 N–H and O–H groups in total. The number of methoxy groups -OCH3 is 1. The Hall–Kier alpha value is -1.08. The molecule has 0 bridgehead atoms. The maximum atomic E-state index is 11.9. The lowest BCUT2D eigenvalue weighted by atomic mass is 10.2. The number of hydrogen-bond acceptors (Lipinski definition) is 4. The molecule has 1 aromatic carbocycles. The van der Waals surface area contributed by atoms with Gasteiger partial charge in [0.25, 0.3) is 0 Å². The van der Waals surface area contributed by atoms with E-state index < -0.39 is 5.51 Å². The molecule has 0 saturated carbocycles. The van der Waals surface area contributed by atoms with Crippen molar-refractivity contribution in [2.75, 3.05) is 19.5 Å². The highest BCUT2D eigenvalue weighted by atomic mass is 32.2. The Kier molecular flexibility index (Phi) is 5.61. The Morgan fingerprint density at radius 2 is 2.00 bits per heavy atom. The molecule has 0 aliphatic rings. The summed E-state index contributed by atoms with van der Waals surface area (Å²) in [4.78, 5) is 0. The van der Waals surface area contributed by atoms with Gasteiger partial charge in [0, 0.05) is 12.3 Å². The number of alkyl halides is 3. The molecule has 0 aliphatic carbocycles. The zero-order chi connectivity index (χ0) is 13.6. The van der Waals surface area contributed by atoms with Crippen LogP contribution in [0.15, 0.2) is 18.2 Å². The summed E-state index contributed by atoms with van der Waals surface area (Å²) >= 11 is -0.114. The fraction of sp³-hybridized carbons (Fsp3) is 0.455. The van der Waals surface area contributed by atoms with Gasteiger partial charge >= 0.3 is 5.51 Å². The lowest BCUT2D eigenvalue weighted by Gasteiger charge is -2.12. The molecule has 0 atom stereocenters. The van der Waals surface area contributed by atoms with Gasteiger partial charge in [-0.15, -0.1) is 0 Å². The van der Waals surface area contributed by atoms with Crippen molar-refractivity contribution in [3.05, 3.63) is 23.8 Å². The molecule has 0 aromatic heterocycles. The van der Waals surface area contributed by atoms with E-state index in [0.29, 0.717) is 18.0 Å². The van der Waals surface area contributed by atoms with E-state index >= 15 is 0 Å². The van der Waals surface area contributed by atoms with Crippen molar-refractivity contribution >= 4 is 11.8 Å². The third kappa shape index (κ3) is 5.05. The Morgan fingerprint density at radius 3 is 2.56 bits per heavy atom. The van der Waals surface area contributed by atoms with Gasteiger partial charge < -0.3 is 15.2 Å². The quantitative estimate of drug-likeness (QED) is 0.814. The van der Waals surface area contributed by atoms with Crippen molar-refractivity contribution < 1.29 is 22.6 Å². The molecule has 18 heavy (non-hydrogen) atoms. The number of benzene rings is 1. The van der Waals surface area contributed by atoms with Crippen LogP contribution in [0.2, 0.25) is 0 Å². The van der Waals surface area contributed by atoms with E-state index in [4.69, 9.17) is 15.2 Å². The molecule has 102 valence electrons. The Morgan fingerprint density at radius 1 is 1.28 bits per heavy atom. The number of nitrogens with two attached hydrogens (primary N) is 1. The lowest BCUT2D eigenvalue weighted by Crippen LogP contribution is -2.08. The van der Waals surface area contributed by atoms with E-state index in [1.54, 1.807) is 18.2 Å². The fourth-order valence-electron chi connectivity index (χ4n) is 1.27. The summed E-state index contributed by atoms with van der Waals surface area (Å²) in [6.45, 7) is 0.284. The van der Waals surface area contributed by atoms with Gasteiger partial charge in [0.1, 0.15) is 0 Å². The van der Waals surface area contributed by atoms with Crippen molar-refractivity contribution in [2.24, 2.45) is 5.73 Å². The molecule has 0 unspecified atom stereocenters. The Balaban J connectivity index is 2.54.